The molecule has 10 heterocycles. The Balaban J connectivity index is 0.000000179. The standard InChI is InChI=1S/C34H34FN9.C33H34FN9.C2H6/c1-20(22-7-4-8-22)39-26-13-24(15-36-16-26)29-14-27-30(19-38-29)42-43-33(27)34-40-31-18-37-17-28(32(31)41-34)23-10-21(11-25(35)12-23)6-5-9-44(2)3;1-5-7-20(2)38-25-13-23(15-35-16-25)28-14-26-29(19-37-28)41-42-32(26)33-39-30-18-36-17-27(31(30)40-33)22-10-21(11-24(34)12-22)8-6-9-43(3)4;1-2/h10-19,22,39H,1,4-9H2,2-3H3,(H,40,41)(H,42,43);10-19,38H,2,5-9H2,1,3-4H3,(H,39,40)(H,41,42);1-2H3. The first kappa shape index (κ1) is 60.8. The minimum absolute atomic E-state index is 0.269. The number of nitrogens with zero attached hydrogens (tertiary/aromatic N) is 12. The highest BCUT2D eigenvalue weighted by Gasteiger charge is 2.23. The minimum atomic E-state index is -0.271. The largest absolute Gasteiger partial charge is 0.358 e. The van der Waals surface area contributed by atoms with Crippen molar-refractivity contribution in [1.82, 2.24) is 80.0 Å². The van der Waals surface area contributed by atoms with Crippen LogP contribution in [0.25, 0.3) is 112 Å². The van der Waals surface area contributed by atoms with Crippen LogP contribution in [0.1, 0.15) is 76.8 Å². The Morgan fingerprint density at radius 3 is 1.47 bits per heavy atom. The summed E-state index contributed by atoms with van der Waals surface area (Å²) in [7, 11) is 8.16. The maximum atomic E-state index is 14.7. The Kier molecular flexibility index (Phi) is 18.7. The lowest BCUT2D eigenvalue weighted by molar-refractivity contribution is 0.371. The van der Waals surface area contributed by atoms with Crippen LogP contribution in [0.4, 0.5) is 20.2 Å². The summed E-state index contributed by atoms with van der Waals surface area (Å²) in [6.45, 7) is 16.3. The number of aromatic nitrogens is 14. The van der Waals surface area contributed by atoms with Crippen molar-refractivity contribution in [2.45, 2.75) is 78.6 Å². The van der Waals surface area contributed by atoms with Gasteiger partial charge in [-0.15, -0.1) is 0 Å². The number of hydrogen-bond donors (Lipinski definition) is 6. The van der Waals surface area contributed by atoms with Crippen LogP contribution in [-0.2, 0) is 12.8 Å². The Morgan fingerprint density at radius 2 is 1.02 bits per heavy atom. The number of nitrogens with one attached hydrogen (secondary N) is 6. The minimum Gasteiger partial charge on any atom is -0.358 e. The molecule has 454 valence electrons. The number of halogens is 2. The van der Waals surface area contributed by atoms with Gasteiger partial charge in [-0.05, 0) is 163 Å². The monoisotopic (exact) mass is 1190 g/mol. The van der Waals surface area contributed by atoms with E-state index in [1.54, 1.807) is 80.2 Å². The van der Waals surface area contributed by atoms with E-state index >= 15 is 0 Å². The van der Waals surface area contributed by atoms with Gasteiger partial charge in [0.15, 0.2) is 11.6 Å². The van der Waals surface area contributed by atoms with Crippen molar-refractivity contribution >= 4 is 55.2 Å². The molecule has 1 saturated carbocycles. The van der Waals surface area contributed by atoms with E-state index in [2.05, 4.69) is 101 Å². The summed E-state index contributed by atoms with van der Waals surface area (Å²) in [5, 5.41) is 23.8. The number of pyridine rings is 6. The highest BCUT2D eigenvalue weighted by Crippen LogP contribution is 2.37. The topological polar surface area (TPSA) is 223 Å². The van der Waals surface area contributed by atoms with Crippen molar-refractivity contribution in [3.63, 3.8) is 0 Å². The SMILES string of the molecule is C=C(CCC)Nc1cncc(-c2cc3c(-c4nc5c(-c6cc(F)cc(CCCN(C)C)c6)cncc5[nH]4)n[nH]c3cn2)c1.C=C(Nc1cncc(-c2cc3c(-c4nc5c(-c6cc(F)cc(CCCN(C)C)c6)cncc5[nH]4)n[nH]c3cn2)c1)C1CCC1.CC. The van der Waals surface area contributed by atoms with E-state index in [1.165, 1.54) is 25.3 Å². The molecule has 0 radical (unpaired) electrons. The molecule has 1 fully saturated rings. The van der Waals surface area contributed by atoms with Crippen LogP contribution in [0.5, 0.6) is 0 Å². The van der Waals surface area contributed by atoms with Crippen molar-refractivity contribution in [2.75, 3.05) is 51.9 Å². The lowest BCUT2D eigenvalue weighted by Crippen LogP contribution is -2.18. The molecule has 1 aliphatic rings. The maximum absolute atomic E-state index is 14.7. The molecule has 0 unspecified atom stereocenters. The number of aromatic amines is 4. The summed E-state index contributed by atoms with van der Waals surface area (Å²) >= 11 is 0. The average molecular weight is 1190 g/mol. The number of H-pyrrole nitrogens is 4. The van der Waals surface area contributed by atoms with Gasteiger partial charge in [0.1, 0.15) is 23.0 Å². The van der Waals surface area contributed by atoms with Crippen LogP contribution in [0.15, 0.2) is 147 Å². The number of anilines is 2. The number of rotatable bonds is 21. The summed E-state index contributed by atoms with van der Waals surface area (Å²) in [6.07, 6.45) is 26.6. The summed E-state index contributed by atoms with van der Waals surface area (Å²) in [5.74, 6) is 1.16. The Morgan fingerprint density at radius 1 is 0.551 bits per heavy atom. The van der Waals surface area contributed by atoms with Crippen LogP contribution in [0.3, 0.4) is 0 Å². The summed E-state index contributed by atoms with van der Waals surface area (Å²) in [5.41, 5.74) is 17.7. The highest BCUT2D eigenvalue weighted by atomic mass is 19.1. The molecule has 0 aliphatic heterocycles. The van der Waals surface area contributed by atoms with Gasteiger partial charge in [-0.3, -0.25) is 40.1 Å². The Hall–Kier alpha value is -9.92. The van der Waals surface area contributed by atoms with Crippen molar-refractivity contribution in [2.24, 2.45) is 5.92 Å². The molecule has 18 nitrogen and oxygen atoms in total. The van der Waals surface area contributed by atoms with E-state index in [4.69, 9.17) is 9.97 Å². The molecule has 10 aromatic heterocycles. The number of hydrogen-bond acceptors (Lipinski definition) is 14. The zero-order valence-corrected chi connectivity index (χ0v) is 51.4. The first-order chi connectivity index (χ1) is 43.3. The van der Waals surface area contributed by atoms with E-state index in [0.717, 1.165) is 163 Å². The number of aryl methyl sites for hydroxylation is 2. The van der Waals surface area contributed by atoms with Gasteiger partial charge in [0, 0.05) is 69.2 Å². The number of fused-ring (bicyclic) bond motifs is 4. The van der Waals surface area contributed by atoms with Gasteiger partial charge in [-0.1, -0.05) is 58.9 Å². The lowest BCUT2D eigenvalue weighted by Gasteiger charge is -2.28. The second-order valence-electron chi connectivity index (χ2n) is 22.9. The lowest BCUT2D eigenvalue weighted by atomic mass is 9.83. The first-order valence-corrected chi connectivity index (χ1v) is 30.4. The second kappa shape index (κ2) is 27.4. The summed E-state index contributed by atoms with van der Waals surface area (Å²) < 4.78 is 29.4. The Bertz CT molecular complexity index is 4470. The summed E-state index contributed by atoms with van der Waals surface area (Å²) in [6, 6.07) is 18.4. The molecule has 1 aliphatic carbocycles. The van der Waals surface area contributed by atoms with Crippen molar-refractivity contribution in [1.29, 1.82) is 0 Å². The zero-order chi connectivity index (χ0) is 62.1. The van der Waals surface area contributed by atoms with Gasteiger partial charge in [0.2, 0.25) is 0 Å². The molecule has 0 spiro atoms. The van der Waals surface area contributed by atoms with E-state index in [-0.39, 0.29) is 11.6 Å². The van der Waals surface area contributed by atoms with Gasteiger partial charge in [-0.2, -0.15) is 10.2 Å². The molecule has 0 atom stereocenters. The van der Waals surface area contributed by atoms with Crippen molar-refractivity contribution < 1.29 is 8.78 Å². The van der Waals surface area contributed by atoms with Crippen LogP contribution in [-0.4, -0.2) is 121 Å². The summed E-state index contributed by atoms with van der Waals surface area (Å²) in [4.78, 5) is 47.9. The van der Waals surface area contributed by atoms with Gasteiger partial charge in [-0.25, -0.2) is 18.7 Å². The van der Waals surface area contributed by atoms with Gasteiger partial charge in [0.25, 0.3) is 0 Å². The predicted octanol–water partition coefficient (Wildman–Crippen LogP) is 15.0. The quantitative estimate of drug-likeness (QED) is 0.0394. The maximum Gasteiger partial charge on any atom is 0.159 e. The second-order valence-corrected chi connectivity index (χ2v) is 22.9. The molecule has 12 aromatic rings. The van der Waals surface area contributed by atoms with Crippen LogP contribution < -0.4 is 10.6 Å². The van der Waals surface area contributed by atoms with E-state index in [9.17, 15) is 8.78 Å². The average Bonchev–Trinajstić information content (AvgIpc) is 2.17. The van der Waals surface area contributed by atoms with Crippen LogP contribution in [0, 0.1) is 17.6 Å². The predicted molar refractivity (Wildman–Crippen MR) is 354 cm³/mol. The zero-order valence-electron chi connectivity index (χ0n) is 51.4. The van der Waals surface area contributed by atoms with E-state index in [0.29, 0.717) is 40.0 Å². The molecular formula is C69H74F2N18. The fourth-order valence-electron chi connectivity index (χ4n) is 11.0. The van der Waals surface area contributed by atoms with Gasteiger partial charge >= 0.3 is 0 Å². The van der Waals surface area contributed by atoms with Crippen LogP contribution >= 0.6 is 0 Å². The molecular weight excluding hydrogens is 1120 g/mol. The molecule has 2 aromatic carbocycles. The van der Waals surface area contributed by atoms with Crippen molar-refractivity contribution in [3.05, 3.63) is 170 Å². The van der Waals surface area contributed by atoms with Gasteiger partial charge in [0.05, 0.1) is 93.0 Å². The Labute approximate surface area is 515 Å². The van der Waals surface area contributed by atoms with E-state index < -0.39 is 0 Å². The number of allylic oxidation sites excluding steroid dienone is 2. The fourth-order valence-corrected chi connectivity index (χ4v) is 11.0. The number of imidazole rings is 2. The van der Waals surface area contributed by atoms with Gasteiger partial charge < -0.3 is 30.4 Å². The molecule has 0 saturated heterocycles. The molecule has 0 amide bonds. The number of benzene rings is 2. The molecule has 0 bridgehead atoms. The molecule has 13 rings (SSSR count). The molecule has 20 heteroatoms. The third-order valence-electron chi connectivity index (χ3n) is 15.7. The van der Waals surface area contributed by atoms with Crippen molar-refractivity contribution in [3.8, 4) is 67.8 Å². The molecule has 6 N–H and O–H groups in total. The fraction of sp³-hybridized carbons (Fsp3) is 0.275. The highest BCUT2D eigenvalue weighted by molar-refractivity contribution is 5.99. The van der Waals surface area contributed by atoms with E-state index in [1.807, 2.05) is 78.4 Å². The smallest absolute Gasteiger partial charge is 0.159 e. The van der Waals surface area contributed by atoms with Crippen LogP contribution in [0.2, 0.25) is 0 Å². The third kappa shape index (κ3) is 14.1. The first-order valence-electron chi connectivity index (χ1n) is 30.4. The molecule has 89 heavy (non-hydrogen) atoms. The normalized spacial score (nSPS) is 12.3. The third-order valence-corrected chi connectivity index (χ3v) is 15.7.